The van der Waals surface area contributed by atoms with Gasteiger partial charge in [-0.25, -0.2) is 0 Å². The molecule has 0 saturated heterocycles. The number of ether oxygens (including phenoxy) is 1. The molecule has 0 heterocycles. The Morgan fingerprint density at radius 1 is 1.18 bits per heavy atom. The molecule has 0 fully saturated rings. The summed E-state index contributed by atoms with van der Waals surface area (Å²) in [5.74, 6) is 0.797. The van der Waals surface area contributed by atoms with Gasteiger partial charge in [-0.3, -0.25) is 4.79 Å². The van der Waals surface area contributed by atoms with Gasteiger partial charge in [0.05, 0.1) is 0 Å². The third-order valence-corrected chi connectivity index (χ3v) is 2.72. The Balaban J connectivity index is 3.23. The van der Waals surface area contributed by atoms with Gasteiger partial charge in [-0.15, -0.1) is 0 Å². The third kappa shape index (κ3) is 3.88. The molecule has 0 saturated carbocycles. The van der Waals surface area contributed by atoms with Gasteiger partial charge in [0.25, 0.3) is 0 Å². The first-order chi connectivity index (χ1) is 7.70. The van der Waals surface area contributed by atoms with E-state index in [0.29, 0.717) is 11.7 Å². The molecule has 0 atom stereocenters. The van der Waals surface area contributed by atoms with Crippen LogP contribution in [0.25, 0.3) is 0 Å². The number of hydrogen-bond donors (Lipinski definition) is 0. The van der Waals surface area contributed by atoms with Crippen molar-refractivity contribution in [3.05, 3.63) is 29.3 Å². The van der Waals surface area contributed by atoms with Crippen molar-refractivity contribution in [2.75, 3.05) is 0 Å². The minimum atomic E-state index is -0.272. The fourth-order valence-corrected chi connectivity index (χ4v) is 1.61. The first kappa shape index (κ1) is 13.8. The van der Waals surface area contributed by atoms with E-state index in [4.69, 9.17) is 4.74 Å². The van der Waals surface area contributed by atoms with Gasteiger partial charge in [0, 0.05) is 6.92 Å². The largest absolute Gasteiger partial charge is 0.427 e. The van der Waals surface area contributed by atoms with Crippen LogP contribution in [0.3, 0.4) is 0 Å². The summed E-state index contributed by atoms with van der Waals surface area (Å²) >= 11 is 0. The van der Waals surface area contributed by atoms with E-state index in [0.717, 1.165) is 0 Å². The minimum absolute atomic E-state index is 0.0554. The second kappa shape index (κ2) is 4.91. The number of esters is 1. The number of rotatable bonds is 2. The molecular formula is C15H22O2. The molecule has 1 aromatic rings. The highest BCUT2D eigenvalue weighted by Gasteiger charge is 2.17. The quantitative estimate of drug-likeness (QED) is 0.570. The van der Waals surface area contributed by atoms with Crippen molar-refractivity contribution in [2.24, 2.45) is 0 Å². The third-order valence-electron chi connectivity index (χ3n) is 2.72. The summed E-state index contributed by atoms with van der Waals surface area (Å²) in [5, 5.41) is 0. The van der Waals surface area contributed by atoms with Crippen LogP contribution >= 0.6 is 0 Å². The van der Waals surface area contributed by atoms with Crippen LogP contribution in [0.1, 0.15) is 58.6 Å². The summed E-state index contributed by atoms with van der Waals surface area (Å²) in [7, 11) is 0. The molecular weight excluding hydrogens is 212 g/mol. The molecule has 0 aliphatic heterocycles. The smallest absolute Gasteiger partial charge is 0.308 e. The molecule has 0 amide bonds. The van der Waals surface area contributed by atoms with Crippen molar-refractivity contribution in [1.82, 2.24) is 0 Å². The number of carbonyl (C=O) groups is 1. The number of hydrogen-bond acceptors (Lipinski definition) is 2. The van der Waals surface area contributed by atoms with Gasteiger partial charge in [0.1, 0.15) is 5.75 Å². The molecule has 0 radical (unpaired) electrons. The highest BCUT2D eigenvalue weighted by Crippen LogP contribution is 2.30. The zero-order chi connectivity index (χ0) is 13.2. The van der Waals surface area contributed by atoms with Gasteiger partial charge in [0.15, 0.2) is 0 Å². The molecule has 2 heteroatoms. The normalized spacial score (nSPS) is 11.7. The van der Waals surface area contributed by atoms with Gasteiger partial charge in [0.2, 0.25) is 0 Å². The van der Waals surface area contributed by atoms with Gasteiger partial charge in [-0.2, -0.15) is 0 Å². The van der Waals surface area contributed by atoms with Crippen LogP contribution in [0.15, 0.2) is 18.2 Å². The van der Waals surface area contributed by atoms with E-state index in [1.54, 1.807) is 0 Å². The molecule has 0 N–H and O–H groups in total. The van der Waals surface area contributed by atoms with Gasteiger partial charge in [-0.05, 0) is 34.6 Å². The van der Waals surface area contributed by atoms with E-state index in [9.17, 15) is 4.79 Å². The van der Waals surface area contributed by atoms with Crippen molar-refractivity contribution in [1.29, 1.82) is 0 Å². The Morgan fingerprint density at radius 3 is 2.18 bits per heavy atom. The highest BCUT2D eigenvalue weighted by atomic mass is 16.5. The summed E-state index contributed by atoms with van der Waals surface area (Å²) in [5.41, 5.74) is 2.45. The van der Waals surface area contributed by atoms with Crippen molar-refractivity contribution in [2.45, 2.75) is 52.9 Å². The number of benzene rings is 1. The van der Waals surface area contributed by atoms with Gasteiger partial charge in [-0.1, -0.05) is 40.7 Å². The van der Waals surface area contributed by atoms with E-state index < -0.39 is 0 Å². The first-order valence-electron chi connectivity index (χ1n) is 6.04. The zero-order valence-corrected chi connectivity index (χ0v) is 11.6. The highest BCUT2D eigenvalue weighted by molar-refractivity contribution is 5.69. The monoisotopic (exact) mass is 234 g/mol. The van der Waals surface area contributed by atoms with Crippen LogP contribution in [0.5, 0.6) is 5.75 Å². The lowest BCUT2D eigenvalue weighted by Gasteiger charge is -2.22. The van der Waals surface area contributed by atoms with Gasteiger partial charge >= 0.3 is 5.97 Å². The maximum Gasteiger partial charge on any atom is 0.308 e. The van der Waals surface area contributed by atoms with Gasteiger partial charge < -0.3 is 4.74 Å². The molecule has 0 aliphatic rings. The molecule has 94 valence electrons. The molecule has 0 spiro atoms. The predicted molar refractivity (Wildman–Crippen MR) is 70.5 cm³/mol. The van der Waals surface area contributed by atoms with Crippen LogP contribution in [0.2, 0.25) is 0 Å². The van der Waals surface area contributed by atoms with E-state index >= 15 is 0 Å². The fraction of sp³-hybridized carbons (Fsp3) is 0.533. The standard InChI is InChI=1S/C15H22O2/c1-10(2)12-7-13(15(4,5)6)9-14(8-12)17-11(3)16/h7-10H,1-6H3. The van der Waals surface area contributed by atoms with Crippen molar-refractivity contribution >= 4 is 5.97 Å². The maximum absolute atomic E-state index is 11.0. The average Bonchev–Trinajstić information content (AvgIpc) is 2.14. The topological polar surface area (TPSA) is 26.3 Å². The van der Waals surface area contributed by atoms with E-state index in [2.05, 4.69) is 40.7 Å². The van der Waals surface area contributed by atoms with Crippen molar-refractivity contribution < 1.29 is 9.53 Å². The average molecular weight is 234 g/mol. The number of carbonyl (C=O) groups excluding carboxylic acids is 1. The summed E-state index contributed by atoms with van der Waals surface area (Å²) in [6, 6.07) is 6.09. The van der Waals surface area contributed by atoms with E-state index in [-0.39, 0.29) is 11.4 Å². The minimum Gasteiger partial charge on any atom is -0.427 e. The van der Waals surface area contributed by atoms with Crippen molar-refractivity contribution in [3.8, 4) is 5.75 Å². The maximum atomic E-state index is 11.0. The Kier molecular flexibility index (Phi) is 3.97. The van der Waals surface area contributed by atoms with Crippen LogP contribution in [-0.4, -0.2) is 5.97 Å². The van der Waals surface area contributed by atoms with Crippen LogP contribution < -0.4 is 4.74 Å². The van der Waals surface area contributed by atoms with E-state index in [1.807, 2.05) is 12.1 Å². The van der Waals surface area contributed by atoms with E-state index in [1.165, 1.54) is 18.1 Å². The summed E-state index contributed by atoms with van der Waals surface area (Å²) in [4.78, 5) is 11.0. The summed E-state index contributed by atoms with van der Waals surface area (Å²) < 4.78 is 5.20. The Morgan fingerprint density at radius 2 is 1.76 bits per heavy atom. The first-order valence-corrected chi connectivity index (χ1v) is 6.04. The SMILES string of the molecule is CC(=O)Oc1cc(C(C)C)cc(C(C)(C)C)c1. The second-order valence-corrected chi connectivity index (χ2v) is 5.79. The molecule has 17 heavy (non-hydrogen) atoms. The Labute approximate surface area is 104 Å². The molecule has 0 aliphatic carbocycles. The Bertz CT molecular complexity index is 411. The lowest BCUT2D eigenvalue weighted by atomic mass is 9.84. The van der Waals surface area contributed by atoms with Crippen LogP contribution in [0, 0.1) is 0 Å². The summed E-state index contributed by atoms with van der Waals surface area (Å²) in [6.07, 6.45) is 0. The lowest BCUT2D eigenvalue weighted by molar-refractivity contribution is -0.131. The lowest BCUT2D eigenvalue weighted by Crippen LogP contribution is -2.13. The Hall–Kier alpha value is -1.31. The van der Waals surface area contributed by atoms with Crippen molar-refractivity contribution in [3.63, 3.8) is 0 Å². The molecule has 0 unspecified atom stereocenters. The molecule has 1 rings (SSSR count). The predicted octanol–water partition coefficient (Wildman–Crippen LogP) is 4.03. The second-order valence-electron chi connectivity index (χ2n) is 5.79. The molecule has 1 aromatic carbocycles. The molecule has 2 nitrogen and oxygen atoms in total. The van der Waals surface area contributed by atoms with Crippen LogP contribution in [-0.2, 0) is 10.2 Å². The summed E-state index contributed by atoms with van der Waals surface area (Å²) in [6.45, 7) is 12.2. The fourth-order valence-electron chi connectivity index (χ4n) is 1.61. The zero-order valence-electron chi connectivity index (χ0n) is 11.6. The molecule has 0 bridgehead atoms. The molecule has 0 aromatic heterocycles. The van der Waals surface area contributed by atoms with Crippen LogP contribution in [0.4, 0.5) is 0 Å².